The quantitative estimate of drug-likeness (QED) is 0.558. The summed E-state index contributed by atoms with van der Waals surface area (Å²) in [7, 11) is -3.76. The first-order chi connectivity index (χ1) is 13.9. The Bertz CT molecular complexity index is 1110. The van der Waals surface area contributed by atoms with Gasteiger partial charge in [-0.15, -0.1) is 11.3 Å². The Morgan fingerprint density at radius 2 is 1.86 bits per heavy atom. The zero-order valence-corrected chi connectivity index (χ0v) is 17.8. The molecule has 3 aromatic rings. The number of carbonyl (C=O) groups is 1. The van der Waals surface area contributed by atoms with E-state index in [1.165, 1.54) is 34.3 Å². The van der Waals surface area contributed by atoms with Crippen LogP contribution in [0.5, 0.6) is 0 Å². The van der Waals surface area contributed by atoms with Crippen LogP contribution in [0.3, 0.4) is 0 Å². The maximum absolute atomic E-state index is 13.4. The van der Waals surface area contributed by atoms with Gasteiger partial charge in [0.1, 0.15) is 5.82 Å². The Kier molecular flexibility index (Phi) is 5.86. The smallest absolute Gasteiger partial charge is 0.243 e. The fourth-order valence-corrected chi connectivity index (χ4v) is 6.51. The molecule has 1 aromatic heterocycles. The van der Waals surface area contributed by atoms with Crippen molar-refractivity contribution in [3.8, 4) is 0 Å². The standard InChI is InChI=1S/C19H18FN3O3S3/c20-14-4-3-5-15(12-14)29(25,26)23-10-8-22(9-11-23)18(24)13-27-19-21-16-6-1-2-7-17(16)28-19/h1-7,12H,8-11,13H2. The molecule has 0 saturated carbocycles. The first-order valence-electron chi connectivity index (χ1n) is 8.95. The van der Waals surface area contributed by atoms with Crippen LogP contribution in [0.2, 0.25) is 0 Å². The van der Waals surface area contributed by atoms with Crippen LogP contribution in [0.4, 0.5) is 4.39 Å². The summed E-state index contributed by atoms with van der Waals surface area (Å²) in [5.41, 5.74) is 0.920. The van der Waals surface area contributed by atoms with E-state index in [-0.39, 0.29) is 29.6 Å². The Morgan fingerprint density at radius 1 is 1.10 bits per heavy atom. The largest absolute Gasteiger partial charge is 0.339 e. The minimum Gasteiger partial charge on any atom is -0.339 e. The molecule has 0 atom stereocenters. The molecule has 6 nitrogen and oxygen atoms in total. The molecule has 0 bridgehead atoms. The van der Waals surface area contributed by atoms with Crippen molar-refractivity contribution < 1.29 is 17.6 Å². The van der Waals surface area contributed by atoms with E-state index in [9.17, 15) is 17.6 Å². The lowest BCUT2D eigenvalue weighted by Crippen LogP contribution is -2.50. The number of nitrogens with zero attached hydrogens (tertiary/aromatic N) is 3. The summed E-state index contributed by atoms with van der Waals surface area (Å²) in [4.78, 5) is 18.6. The van der Waals surface area contributed by atoms with Gasteiger partial charge in [-0.2, -0.15) is 4.31 Å². The summed E-state index contributed by atoms with van der Waals surface area (Å²) >= 11 is 2.95. The van der Waals surface area contributed by atoms with Gasteiger partial charge in [-0.1, -0.05) is 30.0 Å². The van der Waals surface area contributed by atoms with Gasteiger partial charge in [0.2, 0.25) is 15.9 Å². The van der Waals surface area contributed by atoms with Gasteiger partial charge in [0.05, 0.1) is 20.9 Å². The first kappa shape index (κ1) is 20.3. The molecule has 0 radical (unpaired) electrons. The highest BCUT2D eigenvalue weighted by atomic mass is 32.2. The molecular weight excluding hydrogens is 433 g/mol. The second-order valence-corrected chi connectivity index (χ2v) is 10.7. The van der Waals surface area contributed by atoms with E-state index in [0.717, 1.165) is 20.6 Å². The van der Waals surface area contributed by atoms with Crippen LogP contribution in [-0.2, 0) is 14.8 Å². The number of amides is 1. The number of hydrogen-bond donors (Lipinski definition) is 0. The molecule has 0 spiro atoms. The number of para-hydroxylation sites is 1. The third-order valence-corrected chi connectivity index (χ3v) is 8.68. The average molecular weight is 452 g/mol. The maximum Gasteiger partial charge on any atom is 0.243 e. The van der Waals surface area contributed by atoms with Crippen LogP contribution >= 0.6 is 23.1 Å². The molecule has 2 heterocycles. The Labute approximate surface area is 176 Å². The summed E-state index contributed by atoms with van der Waals surface area (Å²) in [6, 6.07) is 12.8. The minimum absolute atomic E-state index is 0.0444. The summed E-state index contributed by atoms with van der Waals surface area (Å²) in [5, 5.41) is 0. The summed E-state index contributed by atoms with van der Waals surface area (Å²) in [6.07, 6.45) is 0. The summed E-state index contributed by atoms with van der Waals surface area (Å²) < 4.78 is 41.9. The average Bonchev–Trinajstić information content (AvgIpc) is 3.15. The molecule has 4 rings (SSSR count). The molecule has 1 aliphatic rings. The van der Waals surface area contributed by atoms with E-state index in [1.54, 1.807) is 16.2 Å². The van der Waals surface area contributed by atoms with Gasteiger partial charge in [-0.3, -0.25) is 4.79 Å². The number of piperazine rings is 1. The van der Waals surface area contributed by atoms with Crippen molar-refractivity contribution in [3.63, 3.8) is 0 Å². The number of thioether (sulfide) groups is 1. The van der Waals surface area contributed by atoms with E-state index in [4.69, 9.17) is 0 Å². The van der Waals surface area contributed by atoms with Crippen molar-refractivity contribution in [2.45, 2.75) is 9.24 Å². The van der Waals surface area contributed by atoms with Crippen molar-refractivity contribution in [2.75, 3.05) is 31.9 Å². The highest BCUT2D eigenvalue weighted by molar-refractivity contribution is 8.01. The second-order valence-electron chi connectivity index (χ2n) is 6.48. The lowest BCUT2D eigenvalue weighted by atomic mass is 10.3. The van der Waals surface area contributed by atoms with Crippen molar-refractivity contribution in [1.82, 2.24) is 14.2 Å². The third kappa shape index (κ3) is 4.45. The van der Waals surface area contributed by atoms with Crippen LogP contribution in [0.25, 0.3) is 10.2 Å². The van der Waals surface area contributed by atoms with Crippen molar-refractivity contribution in [2.24, 2.45) is 0 Å². The van der Waals surface area contributed by atoms with Crippen LogP contribution in [0, 0.1) is 5.82 Å². The predicted octanol–water partition coefficient (Wildman–Crippen LogP) is 3.06. The van der Waals surface area contributed by atoms with Gasteiger partial charge in [-0.25, -0.2) is 17.8 Å². The molecule has 152 valence electrons. The molecule has 0 N–H and O–H groups in total. The van der Waals surface area contributed by atoms with Crippen molar-refractivity contribution >= 4 is 49.2 Å². The Hall–Kier alpha value is -2.01. The number of carbonyl (C=O) groups excluding carboxylic acids is 1. The highest BCUT2D eigenvalue weighted by Crippen LogP contribution is 2.29. The van der Waals surface area contributed by atoms with Gasteiger partial charge >= 0.3 is 0 Å². The number of benzene rings is 2. The number of thiazole rings is 1. The topological polar surface area (TPSA) is 70.6 Å². The summed E-state index contributed by atoms with van der Waals surface area (Å²) in [6.45, 7) is 1.01. The molecule has 2 aromatic carbocycles. The molecular formula is C19H18FN3O3S3. The van der Waals surface area contributed by atoms with Crippen LogP contribution in [0.1, 0.15) is 0 Å². The molecule has 1 saturated heterocycles. The van der Waals surface area contributed by atoms with Crippen LogP contribution in [-0.4, -0.2) is 60.4 Å². The van der Waals surface area contributed by atoms with Crippen LogP contribution < -0.4 is 0 Å². The van der Waals surface area contributed by atoms with E-state index < -0.39 is 15.8 Å². The van der Waals surface area contributed by atoms with E-state index in [0.29, 0.717) is 13.1 Å². The van der Waals surface area contributed by atoms with Crippen molar-refractivity contribution in [3.05, 3.63) is 54.3 Å². The number of fused-ring (bicyclic) bond motifs is 1. The number of aromatic nitrogens is 1. The molecule has 0 aliphatic carbocycles. The van der Waals surface area contributed by atoms with E-state index >= 15 is 0 Å². The van der Waals surface area contributed by atoms with Crippen molar-refractivity contribution in [1.29, 1.82) is 0 Å². The second kappa shape index (κ2) is 8.39. The first-order valence-corrected chi connectivity index (χ1v) is 12.2. The van der Waals surface area contributed by atoms with E-state index in [2.05, 4.69) is 4.98 Å². The molecule has 1 amide bonds. The minimum atomic E-state index is -3.76. The zero-order chi connectivity index (χ0) is 20.4. The number of sulfonamides is 1. The number of halogens is 1. The van der Waals surface area contributed by atoms with E-state index in [1.807, 2.05) is 24.3 Å². The van der Waals surface area contributed by atoms with Crippen LogP contribution in [0.15, 0.2) is 57.8 Å². The Morgan fingerprint density at radius 3 is 2.59 bits per heavy atom. The van der Waals surface area contributed by atoms with Gasteiger partial charge in [-0.05, 0) is 30.3 Å². The molecule has 10 heteroatoms. The van der Waals surface area contributed by atoms with Gasteiger partial charge < -0.3 is 4.90 Å². The van der Waals surface area contributed by atoms with Gasteiger partial charge in [0.25, 0.3) is 0 Å². The summed E-state index contributed by atoms with van der Waals surface area (Å²) in [5.74, 6) is -0.375. The normalized spacial score (nSPS) is 15.7. The maximum atomic E-state index is 13.4. The highest BCUT2D eigenvalue weighted by Gasteiger charge is 2.30. The molecule has 1 fully saturated rings. The third-order valence-electron chi connectivity index (χ3n) is 4.62. The fraction of sp³-hybridized carbons (Fsp3) is 0.263. The molecule has 0 unspecified atom stereocenters. The lowest BCUT2D eigenvalue weighted by molar-refractivity contribution is -0.129. The van der Waals surface area contributed by atoms with Gasteiger partial charge in [0.15, 0.2) is 4.34 Å². The lowest BCUT2D eigenvalue weighted by Gasteiger charge is -2.34. The monoisotopic (exact) mass is 451 g/mol. The molecule has 1 aliphatic heterocycles. The zero-order valence-electron chi connectivity index (χ0n) is 15.3. The number of hydrogen-bond acceptors (Lipinski definition) is 6. The molecule has 29 heavy (non-hydrogen) atoms. The fourth-order valence-electron chi connectivity index (χ4n) is 3.08. The SMILES string of the molecule is O=C(CSc1nc2ccccc2s1)N1CCN(S(=O)(=O)c2cccc(F)c2)CC1. The predicted molar refractivity (Wildman–Crippen MR) is 112 cm³/mol. The van der Waals surface area contributed by atoms with Gasteiger partial charge in [0, 0.05) is 26.2 Å². The Balaban J connectivity index is 1.33. The number of rotatable bonds is 5.